The molecule has 0 radical (unpaired) electrons. The Hall–Kier alpha value is -3.38. The van der Waals surface area contributed by atoms with Crippen molar-refractivity contribution in [2.45, 2.75) is 25.0 Å². The minimum Gasteiger partial charge on any atom is -0.387 e. The van der Waals surface area contributed by atoms with Crippen LogP contribution >= 0.6 is 0 Å². The first-order valence-corrected chi connectivity index (χ1v) is 9.14. The predicted molar refractivity (Wildman–Crippen MR) is 100 cm³/mol. The Balaban J connectivity index is 1.56. The van der Waals surface area contributed by atoms with E-state index in [0.717, 1.165) is 21.6 Å². The van der Waals surface area contributed by atoms with E-state index >= 15 is 0 Å². The summed E-state index contributed by atoms with van der Waals surface area (Å²) in [6, 6.07) is 5.89. The lowest BCUT2D eigenvalue weighted by Gasteiger charge is -2.26. The molecule has 3 heterocycles. The SMILES string of the molecule is O=c1nc(C2C=C(c3ccc(F)cc3)[C@@H](O)CN2)cnn1Cn1ccc(C(F)(F)F)n1. The Morgan fingerprint density at radius 3 is 2.58 bits per heavy atom. The van der Waals surface area contributed by atoms with Gasteiger partial charge in [-0.05, 0) is 29.3 Å². The van der Waals surface area contributed by atoms with Crippen LogP contribution in [0.5, 0.6) is 0 Å². The molecule has 2 aromatic heterocycles. The zero-order valence-electron chi connectivity index (χ0n) is 15.8. The smallest absolute Gasteiger partial charge is 0.387 e. The minimum absolute atomic E-state index is 0.173. The van der Waals surface area contributed by atoms with Crippen molar-refractivity contribution in [1.29, 1.82) is 0 Å². The number of nitrogens with one attached hydrogen (secondary N) is 1. The molecule has 2 atom stereocenters. The quantitative estimate of drug-likeness (QED) is 0.603. The third-order valence-corrected chi connectivity index (χ3v) is 4.72. The Kier molecular flexibility index (Phi) is 5.41. The van der Waals surface area contributed by atoms with E-state index in [1.807, 2.05) is 0 Å². The maximum atomic E-state index is 13.2. The van der Waals surface area contributed by atoms with Crippen LogP contribution < -0.4 is 11.0 Å². The summed E-state index contributed by atoms with van der Waals surface area (Å²) in [5.41, 5.74) is -0.407. The van der Waals surface area contributed by atoms with Crippen LogP contribution in [-0.2, 0) is 12.8 Å². The van der Waals surface area contributed by atoms with E-state index in [1.54, 1.807) is 6.08 Å². The Labute approximate surface area is 172 Å². The molecule has 0 spiro atoms. The standard InChI is InChI=1S/C19H16F4N6O2/c20-12-3-1-11(2-4-12)13-7-14(24-9-16(13)30)15-8-25-29(18(31)26-15)10-28-6-5-17(27-28)19(21,22)23/h1-8,14,16,24,30H,9-10H2/t14?,16-/m0/s1. The van der Waals surface area contributed by atoms with Gasteiger partial charge < -0.3 is 10.4 Å². The number of halogens is 4. The number of benzene rings is 1. The van der Waals surface area contributed by atoms with Gasteiger partial charge >= 0.3 is 11.9 Å². The lowest BCUT2D eigenvalue weighted by atomic mass is 9.94. The first kappa shape index (κ1) is 20.9. The highest BCUT2D eigenvalue weighted by Crippen LogP contribution is 2.28. The molecule has 0 saturated heterocycles. The van der Waals surface area contributed by atoms with Gasteiger partial charge in [0, 0.05) is 12.7 Å². The van der Waals surface area contributed by atoms with Crippen LogP contribution in [0.4, 0.5) is 17.6 Å². The second kappa shape index (κ2) is 8.04. The largest absolute Gasteiger partial charge is 0.435 e. The summed E-state index contributed by atoms with van der Waals surface area (Å²) >= 11 is 0. The molecule has 0 aliphatic carbocycles. The van der Waals surface area contributed by atoms with Gasteiger partial charge in [0.05, 0.1) is 24.0 Å². The van der Waals surface area contributed by atoms with Crippen molar-refractivity contribution in [3.05, 3.63) is 82.1 Å². The highest BCUT2D eigenvalue weighted by molar-refractivity contribution is 5.70. The van der Waals surface area contributed by atoms with Crippen LogP contribution in [0.1, 0.15) is 23.0 Å². The van der Waals surface area contributed by atoms with Crippen molar-refractivity contribution in [1.82, 2.24) is 29.9 Å². The third kappa shape index (κ3) is 4.54. The molecule has 1 unspecified atom stereocenters. The van der Waals surface area contributed by atoms with Crippen molar-refractivity contribution in [3.63, 3.8) is 0 Å². The highest BCUT2D eigenvalue weighted by atomic mass is 19.4. The van der Waals surface area contributed by atoms with E-state index in [4.69, 9.17) is 0 Å². The Morgan fingerprint density at radius 1 is 1.19 bits per heavy atom. The molecule has 12 heteroatoms. The van der Waals surface area contributed by atoms with Gasteiger partial charge in [-0.1, -0.05) is 18.2 Å². The number of rotatable bonds is 4. The van der Waals surface area contributed by atoms with Gasteiger partial charge in [-0.2, -0.15) is 33.0 Å². The lowest BCUT2D eigenvalue weighted by molar-refractivity contribution is -0.141. The predicted octanol–water partition coefficient (Wildman–Crippen LogP) is 1.59. The molecule has 0 fully saturated rings. The maximum Gasteiger partial charge on any atom is 0.435 e. The van der Waals surface area contributed by atoms with Crippen LogP contribution in [0.2, 0.25) is 0 Å². The molecule has 0 bridgehead atoms. The second-order valence-electron chi connectivity index (χ2n) is 6.87. The summed E-state index contributed by atoms with van der Waals surface area (Å²) < 4.78 is 53.0. The topological polar surface area (TPSA) is 97.9 Å². The van der Waals surface area contributed by atoms with Gasteiger partial charge in [-0.3, -0.25) is 4.68 Å². The number of β-amino-alcohol motifs (C(OH)–C–C–N with tert-alkyl or cyclic N) is 1. The van der Waals surface area contributed by atoms with E-state index in [2.05, 4.69) is 20.5 Å². The van der Waals surface area contributed by atoms with E-state index < -0.39 is 35.5 Å². The number of hydrogen-bond acceptors (Lipinski definition) is 6. The number of nitrogens with zero attached hydrogens (tertiary/aromatic N) is 5. The van der Waals surface area contributed by atoms with Crippen molar-refractivity contribution < 1.29 is 22.7 Å². The van der Waals surface area contributed by atoms with Crippen LogP contribution in [0.3, 0.4) is 0 Å². The molecule has 3 aromatic rings. The molecular weight excluding hydrogens is 420 g/mol. The lowest BCUT2D eigenvalue weighted by Crippen LogP contribution is -2.37. The zero-order chi connectivity index (χ0) is 22.2. The van der Waals surface area contributed by atoms with Gasteiger partial charge in [0.15, 0.2) is 5.69 Å². The highest BCUT2D eigenvalue weighted by Gasteiger charge is 2.33. The average Bonchev–Trinajstić information content (AvgIpc) is 3.20. The van der Waals surface area contributed by atoms with Crippen molar-refractivity contribution in [3.8, 4) is 0 Å². The fourth-order valence-corrected chi connectivity index (χ4v) is 3.17. The number of aliphatic hydroxyl groups is 1. The molecule has 31 heavy (non-hydrogen) atoms. The van der Waals surface area contributed by atoms with E-state index in [0.29, 0.717) is 11.1 Å². The normalized spacial score (nSPS) is 19.3. The number of hydrogen-bond donors (Lipinski definition) is 2. The van der Waals surface area contributed by atoms with Gasteiger partial charge in [0.2, 0.25) is 0 Å². The van der Waals surface area contributed by atoms with Crippen molar-refractivity contribution in [2.75, 3.05) is 6.54 Å². The fourth-order valence-electron chi connectivity index (χ4n) is 3.17. The van der Waals surface area contributed by atoms with Gasteiger partial charge in [0.25, 0.3) is 0 Å². The minimum atomic E-state index is -4.59. The summed E-state index contributed by atoms with van der Waals surface area (Å²) in [5, 5.41) is 20.6. The first-order chi connectivity index (χ1) is 14.7. The summed E-state index contributed by atoms with van der Waals surface area (Å²) in [4.78, 5) is 16.3. The van der Waals surface area contributed by atoms with Crippen LogP contribution in [0.25, 0.3) is 5.57 Å². The Morgan fingerprint density at radius 2 is 1.94 bits per heavy atom. The molecule has 1 aromatic carbocycles. The zero-order valence-corrected chi connectivity index (χ0v) is 15.8. The van der Waals surface area contributed by atoms with E-state index in [9.17, 15) is 27.5 Å². The number of aliphatic hydroxyl groups excluding tert-OH is 1. The summed E-state index contributed by atoms with van der Waals surface area (Å²) in [6.07, 6.45) is -1.36. The molecule has 0 saturated carbocycles. The van der Waals surface area contributed by atoms with Crippen molar-refractivity contribution >= 4 is 5.57 Å². The van der Waals surface area contributed by atoms with E-state index in [1.165, 1.54) is 30.5 Å². The van der Waals surface area contributed by atoms with Gasteiger partial charge in [0.1, 0.15) is 12.5 Å². The fraction of sp³-hybridized carbons (Fsp3) is 0.263. The molecule has 8 nitrogen and oxygen atoms in total. The van der Waals surface area contributed by atoms with Crippen LogP contribution in [-0.4, -0.2) is 42.3 Å². The molecule has 2 N–H and O–H groups in total. The molecule has 4 rings (SSSR count). The average molecular weight is 436 g/mol. The molecule has 1 aliphatic rings. The molecule has 162 valence electrons. The number of alkyl halides is 3. The Bertz CT molecular complexity index is 1170. The maximum absolute atomic E-state index is 13.2. The number of aromatic nitrogens is 5. The molecular formula is C19H16F4N6O2. The summed E-state index contributed by atoms with van der Waals surface area (Å²) in [7, 11) is 0. The van der Waals surface area contributed by atoms with Gasteiger partial charge in [-0.25, -0.2) is 9.18 Å². The second-order valence-corrected chi connectivity index (χ2v) is 6.87. The van der Waals surface area contributed by atoms with Crippen LogP contribution in [0, 0.1) is 5.82 Å². The van der Waals surface area contributed by atoms with E-state index in [-0.39, 0.29) is 18.9 Å². The summed E-state index contributed by atoms with van der Waals surface area (Å²) in [5.74, 6) is -0.404. The third-order valence-electron chi connectivity index (χ3n) is 4.72. The summed E-state index contributed by atoms with van der Waals surface area (Å²) in [6.45, 7) is -0.165. The monoisotopic (exact) mass is 436 g/mol. The van der Waals surface area contributed by atoms with Crippen LogP contribution in [0.15, 0.2) is 53.6 Å². The van der Waals surface area contributed by atoms with Crippen molar-refractivity contribution in [2.24, 2.45) is 0 Å². The molecule has 0 amide bonds. The first-order valence-electron chi connectivity index (χ1n) is 9.14. The van der Waals surface area contributed by atoms with Gasteiger partial charge in [-0.15, -0.1) is 0 Å². The molecule has 1 aliphatic heterocycles.